The van der Waals surface area contributed by atoms with E-state index in [0.717, 1.165) is 22.8 Å². The Labute approximate surface area is 274 Å². The SMILES string of the molecule is C=CC(=O)N1C[C@@H]2CN(CC(N)=O)c3c(c4cc(F)c(-c5c(O)cccc5F)c(F)c4n(-c4c(C)ccnc4C(C)C)c3=O)N2C[C@H]1C. The Balaban J connectivity index is 1.80. The first-order valence-electron chi connectivity index (χ1n) is 15.5. The third-order valence-corrected chi connectivity index (χ3v) is 9.15. The molecule has 4 heterocycles. The second kappa shape index (κ2) is 12.0. The maximum Gasteiger partial charge on any atom is 0.281 e. The van der Waals surface area contributed by atoms with E-state index in [9.17, 15) is 19.5 Å². The van der Waals surface area contributed by atoms with Gasteiger partial charge in [0.25, 0.3) is 5.56 Å². The maximum atomic E-state index is 17.3. The monoisotopic (exact) mass is 660 g/mol. The van der Waals surface area contributed by atoms with Crippen molar-refractivity contribution in [3.05, 3.63) is 88.2 Å². The molecule has 0 unspecified atom stereocenters. The number of benzene rings is 2. The smallest absolute Gasteiger partial charge is 0.281 e. The highest BCUT2D eigenvalue weighted by molar-refractivity contribution is 6.04. The Bertz CT molecular complexity index is 2060. The van der Waals surface area contributed by atoms with E-state index in [2.05, 4.69) is 11.6 Å². The number of amides is 2. The highest BCUT2D eigenvalue weighted by Crippen LogP contribution is 2.46. The van der Waals surface area contributed by atoms with Crippen LogP contribution >= 0.6 is 0 Å². The minimum absolute atomic E-state index is 0.00787. The normalized spacial score (nSPS) is 17.5. The van der Waals surface area contributed by atoms with Crippen molar-refractivity contribution in [2.45, 2.75) is 45.7 Å². The number of hydrogen-bond donors (Lipinski definition) is 2. The predicted molar refractivity (Wildman–Crippen MR) is 177 cm³/mol. The number of aromatic hydroxyl groups is 1. The first kappa shape index (κ1) is 32.6. The Hall–Kier alpha value is -5.33. The number of nitrogens with two attached hydrogens (primary N) is 1. The molecule has 4 aromatic rings. The molecule has 10 nitrogen and oxygen atoms in total. The molecule has 13 heteroatoms. The molecular formula is C35H35F3N6O4. The predicted octanol–water partition coefficient (Wildman–Crippen LogP) is 4.50. The number of hydrogen-bond acceptors (Lipinski definition) is 7. The van der Waals surface area contributed by atoms with E-state index in [-0.39, 0.29) is 59.4 Å². The highest BCUT2D eigenvalue weighted by Gasteiger charge is 2.43. The van der Waals surface area contributed by atoms with Crippen molar-refractivity contribution < 1.29 is 27.9 Å². The molecule has 48 heavy (non-hydrogen) atoms. The lowest BCUT2D eigenvalue weighted by Gasteiger charge is -2.51. The van der Waals surface area contributed by atoms with Gasteiger partial charge in [-0.25, -0.2) is 13.2 Å². The number of pyridine rings is 2. The van der Waals surface area contributed by atoms with Crippen LogP contribution < -0.4 is 21.1 Å². The zero-order valence-electron chi connectivity index (χ0n) is 26.9. The number of aryl methyl sites for hydroxylation is 1. The van der Waals surface area contributed by atoms with Gasteiger partial charge in [0.05, 0.1) is 46.3 Å². The molecule has 0 aliphatic carbocycles. The molecule has 2 aromatic heterocycles. The molecule has 2 aliphatic rings. The molecule has 2 aliphatic heterocycles. The topological polar surface area (TPSA) is 125 Å². The fourth-order valence-corrected chi connectivity index (χ4v) is 7.08. The number of carbonyl (C=O) groups is 2. The van der Waals surface area contributed by atoms with E-state index < -0.39 is 64.4 Å². The average Bonchev–Trinajstić information content (AvgIpc) is 3.02. The summed E-state index contributed by atoms with van der Waals surface area (Å²) in [4.78, 5) is 49.6. The van der Waals surface area contributed by atoms with Crippen molar-refractivity contribution in [3.8, 4) is 22.6 Å². The van der Waals surface area contributed by atoms with Crippen molar-refractivity contribution >= 4 is 34.1 Å². The molecule has 2 aromatic carbocycles. The number of halogens is 3. The van der Waals surface area contributed by atoms with E-state index in [1.807, 2.05) is 25.7 Å². The largest absolute Gasteiger partial charge is 0.507 e. The lowest BCUT2D eigenvalue weighted by molar-refractivity contribution is -0.129. The molecule has 250 valence electrons. The molecule has 6 rings (SSSR count). The van der Waals surface area contributed by atoms with Gasteiger partial charge in [0.1, 0.15) is 23.1 Å². The van der Waals surface area contributed by atoms with E-state index in [4.69, 9.17) is 5.73 Å². The molecule has 2 amide bonds. The van der Waals surface area contributed by atoms with Gasteiger partial charge in [0, 0.05) is 37.3 Å². The van der Waals surface area contributed by atoms with Crippen molar-refractivity contribution in [2.24, 2.45) is 5.73 Å². The number of piperazine rings is 1. The molecule has 3 N–H and O–H groups in total. The fraction of sp³-hybridized carbons (Fsp3) is 0.314. The lowest BCUT2D eigenvalue weighted by Crippen LogP contribution is -2.65. The zero-order valence-corrected chi connectivity index (χ0v) is 26.9. The van der Waals surface area contributed by atoms with Gasteiger partial charge in [-0.3, -0.25) is 23.9 Å². The third kappa shape index (κ3) is 5.04. The molecule has 2 atom stereocenters. The minimum Gasteiger partial charge on any atom is -0.507 e. The van der Waals surface area contributed by atoms with Crippen LogP contribution in [0.4, 0.5) is 24.5 Å². The van der Waals surface area contributed by atoms with Crippen LogP contribution in [0.1, 0.15) is 37.9 Å². The van der Waals surface area contributed by atoms with Crippen LogP contribution in [0.3, 0.4) is 0 Å². The van der Waals surface area contributed by atoms with Gasteiger partial charge >= 0.3 is 0 Å². The number of nitrogens with zero attached hydrogens (tertiary/aromatic N) is 5. The molecule has 0 saturated carbocycles. The number of rotatable bonds is 6. The number of carbonyl (C=O) groups excluding carboxylic acids is 2. The number of anilines is 2. The Morgan fingerprint density at radius 3 is 2.46 bits per heavy atom. The second-order valence-electron chi connectivity index (χ2n) is 12.6. The highest BCUT2D eigenvalue weighted by atomic mass is 19.1. The van der Waals surface area contributed by atoms with Crippen LogP contribution in [0.25, 0.3) is 27.7 Å². The van der Waals surface area contributed by atoms with Gasteiger partial charge in [0.15, 0.2) is 5.82 Å². The minimum atomic E-state index is -1.28. The van der Waals surface area contributed by atoms with E-state index in [1.54, 1.807) is 24.1 Å². The molecule has 0 radical (unpaired) electrons. The first-order valence-corrected chi connectivity index (χ1v) is 15.5. The summed E-state index contributed by atoms with van der Waals surface area (Å²) in [7, 11) is 0. The maximum absolute atomic E-state index is 17.3. The average molecular weight is 661 g/mol. The lowest BCUT2D eigenvalue weighted by atomic mass is 9.95. The number of phenols is 1. The van der Waals surface area contributed by atoms with Crippen LogP contribution in [0.15, 0.2) is 54.0 Å². The fourth-order valence-electron chi connectivity index (χ4n) is 7.08. The molecule has 0 bridgehead atoms. The summed E-state index contributed by atoms with van der Waals surface area (Å²) >= 11 is 0. The van der Waals surface area contributed by atoms with Gasteiger partial charge in [0.2, 0.25) is 11.8 Å². The summed E-state index contributed by atoms with van der Waals surface area (Å²) in [6.07, 6.45) is 2.76. The summed E-state index contributed by atoms with van der Waals surface area (Å²) < 4.78 is 50.0. The zero-order chi connectivity index (χ0) is 34.8. The Morgan fingerprint density at radius 2 is 1.81 bits per heavy atom. The Morgan fingerprint density at radius 1 is 1.08 bits per heavy atom. The van der Waals surface area contributed by atoms with Crippen molar-refractivity contribution in [1.82, 2.24) is 14.5 Å². The Kier molecular flexibility index (Phi) is 8.18. The first-order chi connectivity index (χ1) is 22.8. The van der Waals surface area contributed by atoms with Gasteiger partial charge in [-0.05, 0) is 55.7 Å². The van der Waals surface area contributed by atoms with E-state index in [0.29, 0.717) is 11.3 Å². The van der Waals surface area contributed by atoms with Crippen molar-refractivity contribution in [2.75, 3.05) is 36.0 Å². The van der Waals surface area contributed by atoms with Crippen LogP contribution in [0.5, 0.6) is 5.75 Å². The summed E-state index contributed by atoms with van der Waals surface area (Å²) in [5.41, 5.74) is 4.39. The van der Waals surface area contributed by atoms with Crippen LogP contribution in [0.2, 0.25) is 0 Å². The van der Waals surface area contributed by atoms with Crippen LogP contribution in [-0.2, 0) is 9.59 Å². The number of primary amides is 1. The quantitative estimate of drug-likeness (QED) is 0.292. The van der Waals surface area contributed by atoms with Crippen LogP contribution in [0, 0.1) is 24.4 Å². The standard InChI is InChI=1S/C35H35F3N6O4/c1-6-26(47)42-15-20-14-41(16-25(39)46)34-33(43(20)13-19(42)5)21-12-23(37)28(27-22(36)8-7-9-24(27)45)29(38)32(21)44(35(34)48)31-18(4)10-11-40-30(31)17(2)3/h6-12,17,19-20,45H,1,13-16H2,2-5H3,(H2,39,46)/t19-,20+/m1/s1. The van der Waals surface area contributed by atoms with E-state index >= 15 is 13.2 Å². The summed E-state index contributed by atoms with van der Waals surface area (Å²) in [6, 6.07) is 5.06. The van der Waals surface area contributed by atoms with Gasteiger partial charge in [-0.2, -0.15) is 0 Å². The van der Waals surface area contributed by atoms with Crippen molar-refractivity contribution in [3.63, 3.8) is 0 Å². The van der Waals surface area contributed by atoms with Crippen LogP contribution in [-0.4, -0.2) is 69.6 Å². The van der Waals surface area contributed by atoms with Crippen molar-refractivity contribution in [1.29, 1.82) is 0 Å². The summed E-state index contributed by atoms with van der Waals surface area (Å²) in [5, 5.41) is 10.6. The number of aromatic nitrogens is 2. The second-order valence-corrected chi connectivity index (χ2v) is 12.6. The molecule has 1 fully saturated rings. The van der Waals surface area contributed by atoms with E-state index in [1.165, 1.54) is 17.0 Å². The number of phenolic OH excluding ortho intramolecular Hbond substituents is 1. The molecule has 0 spiro atoms. The van der Waals surface area contributed by atoms with Gasteiger partial charge in [-0.15, -0.1) is 0 Å². The van der Waals surface area contributed by atoms with Gasteiger partial charge < -0.3 is 25.5 Å². The third-order valence-electron chi connectivity index (χ3n) is 9.15. The summed E-state index contributed by atoms with van der Waals surface area (Å²) in [6.45, 7) is 10.9. The number of fused-ring (bicyclic) bond motifs is 5. The summed E-state index contributed by atoms with van der Waals surface area (Å²) in [5.74, 6) is -5.52. The van der Waals surface area contributed by atoms with Gasteiger partial charge in [-0.1, -0.05) is 26.5 Å². The molecule has 1 saturated heterocycles. The molecular weight excluding hydrogens is 625 g/mol.